The number of aliphatic hydroxyl groups is 1. The molecule has 9 nitrogen and oxygen atoms in total. The Balaban J connectivity index is 1.19. The van der Waals surface area contributed by atoms with Crippen LogP contribution >= 0.6 is 0 Å². The van der Waals surface area contributed by atoms with Crippen molar-refractivity contribution in [2.45, 2.75) is 18.9 Å². The standard InChI is InChI=1S/C29H28F2N6O3/c1-36-13-12-27(35-36)29(40)33-20-5-9-26(24(31)17-20)34-25-8-4-19(16-23(25)30)32-28(39)18-2-6-21(7-3-18)37-14-10-22(38)11-15-37/h2-9,12-13,16-17,22,34,38H,10-11,14-15H2,1H3,(H,32,39)(H,33,40). The van der Waals surface area contributed by atoms with Crippen molar-refractivity contribution in [1.82, 2.24) is 9.78 Å². The number of nitrogens with one attached hydrogen (secondary N) is 3. The fraction of sp³-hybridized carbons (Fsp3) is 0.207. The first-order chi connectivity index (χ1) is 19.2. The lowest BCUT2D eigenvalue weighted by molar-refractivity contribution is 0.101. The number of anilines is 5. The Kier molecular flexibility index (Phi) is 7.74. The Morgan fingerprint density at radius 2 is 1.43 bits per heavy atom. The summed E-state index contributed by atoms with van der Waals surface area (Å²) in [6, 6.07) is 16.7. The molecule has 1 fully saturated rings. The lowest BCUT2D eigenvalue weighted by Gasteiger charge is -2.31. The van der Waals surface area contributed by atoms with Crippen molar-refractivity contribution in [3.63, 3.8) is 0 Å². The molecule has 1 saturated heterocycles. The Morgan fingerprint density at radius 3 is 1.95 bits per heavy atom. The smallest absolute Gasteiger partial charge is 0.276 e. The first kappa shape index (κ1) is 26.8. The van der Waals surface area contributed by atoms with Gasteiger partial charge >= 0.3 is 0 Å². The Labute approximate surface area is 229 Å². The van der Waals surface area contributed by atoms with E-state index in [-0.39, 0.29) is 34.5 Å². The number of carbonyl (C=O) groups is 2. The van der Waals surface area contributed by atoms with E-state index in [4.69, 9.17) is 0 Å². The number of piperidine rings is 1. The SMILES string of the molecule is Cn1ccc(C(=O)Nc2ccc(Nc3ccc(NC(=O)c4ccc(N5CCC(O)CC5)cc4)cc3F)c(F)c2)n1. The number of aryl methyl sites for hydroxylation is 1. The van der Waals surface area contributed by atoms with E-state index >= 15 is 0 Å². The first-order valence-electron chi connectivity index (χ1n) is 12.8. The van der Waals surface area contributed by atoms with Gasteiger partial charge in [0.1, 0.15) is 11.6 Å². The van der Waals surface area contributed by atoms with Crippen LogP contribution in [0.4, 0.5) is 37.2 Å². The predicted octanol–water partition coefficient (Wildman–Crippen LogP) is 4.91. The van der Waals surface area contributed by atoms with E-state index in [1.165, 1.54) is 35.0 Å². The fourth-order valence-electron chi connectivity index (χ4n) is 4.42. The van der Waals surface area contributed by atoms with Gasteiger partial charge < -0.3 is 26.0 Å². The van der Waals surface area contributed by atoms with Crippen molar-refractivity contribution in [2.75, 3.05) is 33.9 Å². The second kappa shape index (κ2) is 11.5. The van der Waals surface area contributed by atoms with Crippen LogP contribution in [0.2, 0.25) is 0 Å². The number of hydrogen-bond donors (Lipinski definition) is 4. The van der Waals surface area contributed by atoms with Gasteiger partial charge in [-0.3, -0.25) is 14.3 Å². The van der Waals surface area contributed by atoms with Crippen LogP contribution in [0.15, 0.2) is 72.9 Å². The highest BCUT2D eigenvalue weighted by atomic mass is 19.1. The van der Waals surface area contributed by atoms with Gasteiger partial charge in [-0.1, -0.05) is 0 Å². The topological polar surface area (TPSA) is 112 Å². The maximum absolute atomic E-state index is 14.8. The molecule has 0 atom stereocenters. The highest BCUT2D eigenvalue weighted by Gasteiger charge is 2.18. The molecule has 3 aromatic carbocycles. The van der Waals surface area contributed by atoms with Gasteiger partial charge in [-0.25, -0.2) is 8.78 Å². The predicted molar refractivity (Wildman–Crippen MR) is 149 cm³/mol. The fourth-order valence-corrected chi connectivity index (χ4v) is 4.42. The average Bonchev–Trinajstić information content (AvgIpc) is 3.38. The molecule has 2 amide bonds. The maximum Gasteiger partial charge on any atom is 0.276 e. The third-order valence-electron chi connectivity index (χ3n) is 6.63. The van der Waals surface area contributed by atoms with Crippen LogP contribution in [-0.4, -0.2) is 45.9 Å². The lowest BCUT2D eigenvalue weighted by atomic mass is 10.1. The van der Waals surface area contributed by atoms with Gasteiger partial charge in [-0.05, 0) is 79.6 Å². The van der Waals surface area contributed by atoms with E-state index in [9.17, 15) is 23.5 Å². The molecule has 0 spiro atoms. The van der Waals surface area contributed by atoms with Crippen LogP contribution in [-0.2, 0) is 7.05 Å². The maximum atomic E-state index is 14.8. The molecule has 0 radical (unpaired) electrons. The summed E-state index contributed by atoms with van der Waals surface area (Å²) >= 11 is 0. The number of nitrogens with zero attached hydrogens (tertiary/aromatic N) is 3. The molecule has 1 aliphatic heterocycles. The molecule has 0 bridgehead atoms. The molecular formula is C29H28F2N6O3. The zero-order valence-corrected chi connectivity index (χ0v) is 21.7. The van der Waals surface area contributed by atoms with Crippen LogP contribution in [0.25, 0.3) is 0 Å². The highest BCUT2D eigenvalue weighted by Crippen LogP contribution is 2.27. The van der Waals surface area contributed by atoms with Gasteiger partial charge in [0, 0.05) is 49.0 Å². The first-order valence-corrected chi connectivity index (χ1v) is 12.8. The Morgan fingerprint density at radius 1 is 0.850 bits per heavy atom. The Hall–Kier alpha value is -4.77. The van der Waals surface area contributed by atoms with Crippen molar-refractivity contribution in [1.29, 1.82) is 0 Å². The molecule has 40 heavy (non-hydrogen) atoms. The van der Waals surface area contributed by atoms with Gasteiger partial charge in [-0.2, -0.15) is 5.10 Å². The largest absolute Gasteiger partial charge is 0.393 e. The molecule has 0 aliphatic carbocycles. The average molecular weight is 547 g/mol. The summed E-state index contributed by atoms with van der Waals surface area (Å²) in [5, 5.41) is 21.6. The molecular weight excluding hydrogens is 518 g/mol. The van der Waals surface area contributed by atoms with Crippen molar-refractivity contribution >= 4 is 40.3 Å². The molecule has 5 rings (SSSR count). The molecule has 1 aromatic heterocycles. The number of aromatic nitrogens is 2. The zero-order valence-electron chi connectivity index (χ0n) is 21.7. The number of rotatable bonds is 7. The summed E-state index contributed by atoms with van der Waals surface area (Å²) in [5.41, 5.74) is 2.07. The number of carbonyl (C=O) groups excluding carboxylic acids is 2. The van der Waals surface area contributed by atoms with Crippen molar-refractivity contribution in [3.8, 4) is 0 Å². The van der Waals surface area contributed by atoms with Gasteiger partial charge in [0.15, 0.2) is 5.69 Å². The van der Waals surface area contributed by atoms with E-state index in [1.54, 1.807) is 25.4 Å². The minimum atomic E-state index is -0.695. The molecule has 2 heterocycles. The Bertz CT molecular complexity index is 1530. The summed E-state index contributed by atoms with van der Waals surface area (Å²) in [6.45, 7) is 1.51. The van der Waals surface area contributed by atoms with Gasteiger partial charge in [-0.15, -0.1) is 0 Å². The van der Waals surface area contributed by atoms with Crippen molar-refractivity contribution in [3.05, 3.63) is 95.8 Å². The molecule has 0 unspecified atom stereocenters. The van der Waals surface area contributed by atoms with Crippen LogP contribution in [0.1, 0.15) is 33.7 Å². The number of halogens is 2. The third-order valence-corrected chi connectivity index (χ3v) is 6.63. The number of hydrogen-bond acceptors (Lipinski definition) is 6. The second-order valence-corrected chi connectivity index (χ2v) is 9.56. The molecule has 0 saturated carbocycles. The third kappa shape index (κ3) is 6.26. The number of aliphatic hydroxyl groups excluding tert-OH is 1. The normalized spacial score (nSPS) is 13.7. The van der Waals surface area contributed by atoms with Crippen LogP contribution in [0.3, 0.4) is 0 Å². The van der Waals surface area contributed by atoms with Crippen LogP contribution in [0, 0.1) is 11.6 Å². The van der Waals surface area contributed by atoms with Crippen LogP contribution < -0.4 is 20.9 Å². The van der Waals surface area contributed by atoms with Crippen LogP contribution in [0.5, 0.6) is 0 Å². The van der Waals surface area contributed by atoms with Gasteiger partial charge in [0.05, 0.1) is 17.5 Å². The summed E-state index contributed by atoms with van der Waals surface area (Å²) in [7, 11) is 1.68. The summed E-state index contributed by atoms with van der Waals surface area (Å²) in [4.78, 5) is 27.1. The molecule has 4 N–H and O–H groups in total. The van der Waals surface area contributed by atoms with E-state index in [0.29, 0.717) is 18.4 Å². The van der Waals surface area contributed by atoms with E-state index < -0.39 is 23.4 Å². The highest BCUT2D eigenvalue weighted by molar-refractivity contribution is 6.04. The van der Waals surface area contributed by atoms with E-state index in [2.05, 4.69) is 25.9 Å². The summed E-state index contributed by atoms with van der Waals surface area (Å²) in [6.07, 6.45) is 2.78. The van der Waals surface area contributed by atoms with Gasteiger partial charge in [0.25, 0.3) is 11.8 Å². The number of amides is 2. The quantitative estimate of drug-likeness (QED) is 0.262. The number of benzene rings is 3. The zero-order chi connectivity index (χ0) is 28.2. The van der Waals surface area contributed by atoms with E-state index in [1.807, 2.05) is 12.1 Å². The van der Waals surface area contributed by atoms with E-state index in [0.717, 1.165) is 30.9 Å². The monoisotopic (exact) mass is 546 g/mol. The minimum Gasteiger partial charge on any atom is -0.393 e. The van der Waals surface area contributed by atoms with Crippen molar-refractivity contribution in [2.24, 2.45) is 7.05 Å². The molecule has 11 heteroatoms. The van der Waals surface area contributed by atoms with Crippen molar-refractivity contribution < 1.29 is 23.5 Å². The summed E-state index contributed by atoms with van der Waals surface area (Å²) in [5.74, 6) is -2.26. The molecule has 4 aromatic rings. The second-order valence-electron chi connectivity index (χ2n) is 9.56. The molecule has 1 aliphatic rings. The molecule has 206 valence electrons. The lowest BCUT2D eigenvalue weighted by Crippen LogP contribution is -2.35. The minimum absolute atomic E-state index is 0.00910. The van der Waals surface area contributed by atoms with Gasteiger partial charge in [0.2, 0.25) is 0 Å². The summed E-state index contributed by atoms with van der Waals surface area (Å²) < 4.78 is 31.0.